The van der Waals surface area contributed by atoms with Crippen LogP contribution in [0.25, 0.3) is 0 Å². The lowest BCUT2D eigenvalue weighted by Gasteiger charge is -2.38. The van der Waals surface area contributed by atoms with E-state index in [9.17, 15) is 23.1 Å². The summed E-state index contributed by atoms with van der Waals surface area (Å²) >= 11 is 0. The Hall–Kier alpha value is -4.01. The van der Waals surface area contributed by atoms with Crippen LogP contribution in [0.4, 0.5) is 24.5 Å². The lowest BCUT2D eigenvalue weighted by atomic mass is 10.1. The first-order valence-electron chi connectivity index (χ1n) is 11.7. The maximum Gasteiger partial charge on any atom is 0.416 e. The zero-order valence-corrected chi connectivity index (χ0v) is 19.6. The molecule has 2 N–H and O–H groups in total. The van der Waals surface area contributed by atoms with Gasteiger partial charge in [0.25, 0.3) is 0 Å². The quantitative estimate of drug-likeness (QED) is 0.361. The van der Waals surface area contributed by atoms with Gasteiger partial charge in [-0.25, -0.2) is 4.79 Å². The molecule has 1 fully saturated rings. The molecule has 36 heavy (non-hydrogen) atoms. The number of nitrogens with one attached hydrogen (secondary N) is 1. The number of hydrogen-bond donors (Lipinski definition) is 2. The number of aliphatic imine (C=N–C) groups is 1. The second kappa shape index (κ2) is 11.2. The molecule has 0 aliphatic carbocycles. The van der Waals surface area contributed by atoms with Crippen molar-refractivity contribution in [3.8, 4) is 0 Å². The van der Waals surface area contributed by atoms with Crippen LogP contribution >= 0.6 is 0 Å². The van der Waals surface area contributed by atoms with Crippen molar-refractivity contribution < 1.29 is 23.1 Å². The number of carbonyl (C=O) groups is 1. The third-order valence-corrected chi connectivity index (χ3v) is 5.99. The Morgan fingerprint density at radius 2 is 1.64 bits per heavy atom. The Bertz CT molecular complexity index is 1210. The lowest BCUT2D eigenvalue weighted by molar-refractivity contribution is -0.137. The smallest absolute Gasteiger partial charge is 0.416 e. The van der Waals surface area contributed by atoms with Gasteiger partial charge in [0.15, 0.2) is 5.96 Å². The molecule has 1 heterocycles. The molecule has 1 aliphatic rings. The van der Waals surface area contributed by atoms with Crippen LogP contribution in [0, 0.1) is 0 Å². The zero-order chi connectivity index (χ0) is 25.5. The van der Waals surface area contributed by atoms with Gasteiger partial charge in [-0.2, -0.15) is 13.2 Å². The first kappa shape index (κ1) is 25.1. The van der Waals surface area contributed by atoms with E-state index in [1.54, 1.807) is 24.3 Å². The normalized spacial score (nSPS) is 14.6. The van der Waals surface area contributed by atoms with Crippen molar-refractivity contribution in [1.82, 2.24) is 4.90 Å². The average molecular weight is 497 g/mol. The van der Waals surface area contributed by atoms with Crippen LogP contribution in [0.2, 0.25) is 0 Å². The number of rotatable bonds is 6. The molecule has 4 rings (SSSR count). The van der Waals surface area contributed by atoms with Crippen molar-refractivity contribution in [3.05, 3.63) is 95.6 Å². The summed E-state index contributed by atoms with van der Waals surface area (Å²) in [5, 5.41) is 12.6. The van der Waals surface area contributed by atoms with Crippen LogP contribution in [-0.2, 0) is 12.6 Å². The van der Waals surface area contributed by atoms with Gasteiger partial charge >= 0.3 is 12.1 Å². The van der Waals surface area contributed by atoms with Crippen molar-refractivity contribution in [2.24, 2.45) is 4.99 Å². The number of carboxylic acids is 1. The fourth-order valence-electron chi connectivity index (χ4n) is 4.07. The molecule has 0 spiro atoms. The molecule has 0 aromatic heterocycles. The van der Waals surface area contributed by atoms with E-state index in [0.29, 0.717) is 50.1 Å². The molecule has 3 aromatic rings. The molecule has 0 atom stereocenters. The number of carboxylic acid groups (broad SMARTS) is 1. The van der Waals surface area contributed by atoms with Gasteiger partial charge in [-0.1, -0.05) is 42.5 Å². The van der Waals surface area contributed by atoms with Crippen molar-refractivity contribution >= 4 is 23.3 Å². The number of hydrogen-bond acceptors (Lipinski definition) is 3. The van der Waals surface area contributed by atoms with Crippen LogP contribution in [-0.4, -0.2) is 54.7 Å². The number of piperazine rings is 1. The van der Waals surface area contributed by atoms with Gasteiger partial charge in [0.05, 0.1) is 11.1 Å². The maximum absolute atomic E-state index is 13.1. The predicted molar refractivity (Wildman–Crippen MR) is 135 cm³/mol. The Balaban J connectivity index is 1.48. The summed E-state index contributed by atoms with van der Waals surface area (Å²) in [6.45, 7) is 2.67. The Morgan fingerprint density at radius 1 is 0.917 bits per heavy atom. The second-order valence-corrected chi connectivity index (χ2v) is 8.47. The molecular formula is C27H27F3N4O2. The number of aromatic carboxylic acids is 1. The topological polar surface area (TPSA) is 68.2 Å². The monoisotopic (exact) mass is 496 g/mol. The standard InChI is InChI=1S/C27H27F3N4O2/c28-27(29,30)22-9-5-11-24(19-22)33-14-16-34(17-15-33)26(31-13-12-20-6-2-1-3-7-20)32-23-10-4-8-21(18-23)25(35)36/h1-11,18-19H,12-17H2,(H,31,32)(H,35,36). The third-order valence-electron chi connectivity index (χ3n) is 5.99. The molecule has 188 valence electrons. The van der Waals surface area contributed by atoms with Crippen LogP contribution in [0.1, 0.15) is 21.5 Å². The van der Waals surface area contributed by atoms with Crippen molar-refractivity contribution in [1.29, 1.82) is 0 Å². The molecule has 0 bridgehead atoms. The van der Waals surface area contributed by atoms with E-state index in [-0.39, 0.29) is 5.56 Å². The highest BCUT2D eigenvalue weighted by Crippen LogP contribution is 2.32. The molecular weight excluding hydrogens is 469 g/mol. The zero-order valence-electron chi connectivity index (χ0n) is 19.6. The molecule has 3 aromatic carbocycles. The number of anilines is 2. The minimum atomic E-state index is -4.38. The van der Waals surface area contributed by atoms with Crippen LogP contribution in [0.15, 0.2) is 83.9 Å². The molecule has 9 heteroatoms. The summed E-state index contributed by atoms with van der Waals surface area (Å²) in [4.78, 5) is 20.1. The first-order chi connectivity index (χ1) is 17.3. The van der Waals surface area contributed by atoms with Crippen molar-refractivity contribution in [2.75, 3.05) is 42.9 Å². The van der Waals surface area contributed by atoms with Crippen molar-refractivity contribution in [3.63, 3.8) is 0 Å². The van der Waals surface area contributed by atoms with Gasteiger partial charge in [-0.3, -0.25) is 4.99 Å². The fraction of sp³-hybridized carbons (Fsp3) is 0.259. The van der Waals surface area contributed by atoms with Crippen LogP contribution in [0.5, 0.6) is 0 Å². The van der Waals surface area contributed by atoms with E-state index in [0.717, 1.165) is 18.1 Å². The Kier molecular flexibility index (Phi) is 7.77. The summed E-state index contributed by atoms with van der Waals surface area (Å²) < 4.78 is 39.4. The van der Waals surface area contributed by atoms with Gasteiger partial charge in [-0.05, 0) is 48.4 Å². The molecule has 0 radical (unpaired) electrons. The fourth-order valence-corrected chi connectivity index (χ4v) is 4.07. The Labute approximate surface area is 207 Å². The van der Waals surface area contributed by atoms with Gasteiger partial charge < -0.3 is 20.2 Å². The summed E-state index contributed by atoms with van der Waals surface area (Å²) in [5.41, 5.74) is 1.80. The molecule has 0 unspecified atom stereocenters. The van der Waals surface area contributed by atoms with Crippen LogP contribution < -0.4 is 10.2 Å². The van der Waals surface area contributed by atoms with E-state index >= 15 is 0 Å². The van der Waals surface area contributed by atoms with E-state index in [1.165, 1.54) is 18.2 Å². The first-order valence-corrected chi connectivity index (χ1v) is 11.7. The Morgan fingerprint density at radius 3 is 2.33 bits per heavy atom. The summed E-state index contributed by atoms with van der Waals surface area (Å²) in [7, 11) is 0. The van der Waals surface area contributed by atoms with Gasteiger partial charge in [-0.15, -0.1) is 0 Å². The van der Waals surface area contributed by atoms with E-state index < -0.39 is 17.7 Å². The lowest BCUT2D eigenvalue weighted by Crippen LogP contribution is -2.50. The average Bonchev–Trinajstić information content (AvgIpc) is 2.88. The minimum Gasteiger partial charge on any atom is -0.478 e. The summed E-state index contributed by atoms with van der Waals surface area (Å²) in [5.74, 6) is -0.409. The third kappa shape index (κ3) is 6.56. The molecule has 0 amide bonds. The SMILES string of the molecule is O=C(O)c1cccc(NC(=NCCc2ccccc2)N2CCN(c3cccc(C(F)(F)F)c3)CC2)c1. The van der Waals surface area contributed by atoms with Gasteiger partial charge in [0.2, 0.25) is 0 Å². The number of guanidine groups is 1. The number of benzene rings is 3. The molecule has 0 saturated carbocycles. The van der Waals surface area contributed by atoms with E-state index in [1.807, 2.05) is 40.1 Å². The maximum atomic E-state index is 13.1. The van der Waals surface area contributed by atoms with E-state index in [2.05, 4.69) is 5.32 Å². The number of alkyl halides is 3. The highest BCUT2D eigenvalue weighted by Gasteiger charge is 2.31. The minimum absolute atomic E-state index is 0.165. The van der Waals surface area contributed by atoms with Crippen molar-refractivity contribution in [2.45, 2.75) is 12.6 Å². The van der Waals surface area contributed by atoms with Crippen LogP contribution in [0.3, 0.4) is 0 Å². The molecule has 6 nitrogen and oxygen atoms in total. The highest BCUT2D eigenvalue weighted by atomic mass is 19.4. The predicted octanol–water partition coefficient (Wildman–Crippen LogP) is 5.24. The van der Waals surface area contributed by atoms with Gasteiger partial charge in [0, 0.05) is 44.1 Å². The number of halogens is 3. The van der Waals surface area contributed by atoms with Gasteiger partial charge in [0.1, 0.15) is 0 Å². The summed E-state index contributed by atoms with van der Waals surface area (Å²) in [6.07, 6.45) is -3.64. The second-order valence-electron chi connectivity index (χ2n) is 8.47. The highest BCUT2D eigenvalue weighted by molar-refractivity contribution is 5.96. The van der Waals surface area contributed by atoms with E-state index in [4.69, 9.17) is 4.99 Å². The molecule has 1 aliphatic heterocycles. The summed E-state index contributed by atoms with van der Waals surface area (Å²) in [6, 6.07) is 21.9. The number of nitrogens with zero attached hydrogens (tertiary/aromatic N) is 3. The molecule has 1 saturated heterocycles. The largest absolute Gasteiger partial charge is 0.478 e.